The first-order valence-electron chi connectivity index (χ1n) is 8.40. The molecule has 2 aliphatic rings. The molecule has 0 aromatic heterocycles. The number of ether oxygens (including phenoxy) is 2. The van der Waals surface area contributed by atoms with Crippen LogP contribution in [0.25, 0.3) is 0 Å². The minimum atomic E-state index is -0.0288. The van der Waals surface area contributed by atoms with E-state index in [1.807, 2.05) is 0 Å². The molecule has 0 aromatic carbocycles. The van der Waals surface area contributed by atoms with Gasteiger partial charge in [-0.2, -0.15) is 0 Å². The summed E-state index contributed by atoms with van der Waals surface area (Å²) in [6.07, 6.45) is 2.91. The van der Waals surface area contributed by atoms with Gasteiger partial charge in [-0.25, -0.2) is 0 Å². The Morgan fingerprint density at radius 2 is 1.43 bits per heavy atom. The van der Waals surface area contributed by atoms with Gasteiger partial charge in [0.2, 0.25) is 0 Å². The first-order chi connectivity index (χ1) is 9.63. The van der Waals surface area contributed by atoms with Gasteiger partial charge in [-0.05, 0) is 41.5 Å². The summed E-state index contributed by atoms with van der Waals surface area (Å²) >= 11 is 0. The highest BCUT2D eigenvalue weighted by atomic mass is 16.5. The molecule has 124 valence electrons. The van der Waals surface area contributed by atoms with Crippen molar-refractivity contribution in [3.05, 3.63) is 0 Å². The predicted molar refractivity (Wildman–Crippen MR) is 86.5 cm³/mol. The van der Waals surface area contributed by atoms with E-state index in [0.717, 1.165) is 45.8 Å². The van der Waals surface area contributed by atoms with Crippen molar-refractivity contribution in [1.82, 2.24) is 9.80 Å². The molecule has 1 saturated carbocycles. The number of piperazine rings is 1. The number of rotatable bonds is 4. The van der Waals surface area contributed by atoms with Crippen molar-refractivity contribution in [3.8, 4) is 0 Å². The van der Waals surface area contributed by atoms with Gasteiger partial charge >= 0.3 is 0 Å². The van der Waals surface area contributed by atoms with E-state index in [4.69, 9.17) is 9.47 Å². The summed E-state index contributed by atoms with van der Waals surface area (Å²) in [5, 5.41) is 0. The Morgan fingerprint density at radius 1 is 0.857 bits per heavy atom. The maximum absolute atomic E-state index is 6.01. The van der Waals surface area contributed by atoms with E-state index in [1.165, 1.54) is 0 Å². The Hall–Kier alpha value is -0.160. The summed E-state index contributed by atoms with van der Waals surface area (Å²) in [5.41, 5.74) is 0.261. The van der Waals surface area contributed by atoms with Crippen LogP contribution in [0.15, 0.2) is 0 Å². The van der Waals surface area contributed by atoms with Crippen molar-refractivity contribution in [3.63, 3.8) is 0 Å². The molecule has 0 radical (unpaired) electrons. The lowest BCUT2D eigenvalue weighted by Gasteiger charge is -2.43. The highest BCUT2D eigenvalue weighted by molar-refractivity contribution is 4.84. The van der Waals surface area contributed by atoms with Gasteiger partial charge in [-0.1, -0.05) is 0 Å². The van der Waals surface area contributed by atoms with Gasteiger partial charge < -0.3 is 9.47 Å². The van der Waals surface area contributed by atoms with E-state index in [9.17, 15) is 0 Å². The van der Waals surface area contributed by atoms with Crippen LogP contribution in [-0.2, 0) is 9.47 Å². The Kier molecular flexibility index (Phi) is 5.35. The van der Waals surface area contributed by atoms with Crippen LogP contribution in [0.4, 0.5) is 0 Å². The Bertz CT molecular complexity index is 319. The highest BCUT2D eigenvalue weighted by Crippen LogP contribution is 2.30. The van der Waals surface area contributed by atoms with Crippen LogP contribution in [0.1, 0.15) is 54.4 Å². The second-order valence-electron chi connectivity index (χ2n) is 8.52. The first-order valence-corrected chi connectivity index (χ1v) is 8.40. The van der Waals surface area contributed by atoms with Gasteiger partial charge in [0.1, 0.15) is 0 Å². The fraction of sp³-hybridized carbons (Fsp3) is 1.00. The van der Waals surface area contributed by atoms with E-state index in [1.54, 1.807) is 0 Å². The molecule has 1 saturated heterocycles. The Labute approximate surface area is 130 Å². The Balaban J connectivity index is 1.58. The minimum absolute atomic E-state index is 0.0288. The van der Waals surface area contributed by atoms with Crippen LogP contribution >= 0.6 is 0 Å². The molecule has 0 spiro atoms. The summed E-state index contributed by atoms with van der Waals surface area (Å²) in [4.78, 5) is 4.99. The summed E-state index contributed by atoms with van der Waals surface area (Å²) in [6, 6.07) is 0. The first kappa shape index (κ1) is 17.2. The number of hydrogen-bond acceptors (Lipinski definition) is 4. The zero-order valence-electron chi connectivity index (χ0n) is 14.8. The van der Waals surface area contributed by atoms with Crippen molar-refractivity contribution in [2.75, 3.05) is 32.9 Å². The summed E-state index contributed by atoms with van der Waals surface area (Å²) in [7, 11) is 0. The molecule has 0 atom stereocenters. The lowest BCUT2D eigenvalue weighted by Crippen LogP contribution is -2.54. The molecule has 4 nitrogen and oxygen atoms in total. The van der Waals surface area contributed by atoms with Crippen molar-refractivity contribution in [2.45, 2.75) is 77.7 Å². The molecule has 0 unspecified atom stereocenters. The van der Waals surface area contributed by atoms with E-state index < -0.39 is 0 Å². The van der Waals surface area contributed by atoms with Crippen LogP contribution in [0.3, 0.4) is 0 Å². The van der Waals surface area contributed by atoms with Crippen molar-refractivity contribution in [2.24, 2.45) is 0 Å². The lowest BCUT2D eigenvalue weighted by molar-refractivity contribution is -0.163. The smallest absolute Gasteiger partial charge is 0.0994 e. The predicted octanol–water partition coefficient (Wildman–Crippen LogP) is 2.72. The molecule has 2 rings (SSSR count). The maximum Gasteiger partial charge on any atom is 0.0994 e. The van der Waals surface area contributed by atoms with Crippen molar-refractivity contribution >= 4 is 0 Å². The third-order valence-electron chi connectivity index (χ3n) is 4.39. The maximum atomic E-state index is 6.01. The fourth-order valence-corrected chi connectivity index (χ4v) is 3.01. The topological polar surface area (TPSA) is 24.9 Å². The van der Waals surface area contributed by atoms with Crippen molar-refractivity contribution < 1.29 is 9.47 Å². The lowest BCUT2D eigenvalue weighted by atomic mass is 9.91. The minimum Gasteiger partial charge on any atom is -0.372 e. The third-order valence-corrected chi connectivity index (χ3v) is 4.39. The van der Waals surface area contributed by atoms with Gasteiger partial charge in [0.15, 0.2) is 0 Å². The largest absolute Gasteiger partial charge is 0.372 e. The van der Waals surface area contributed by atoms with Crippen molar-refractivity contribution in [1.29, 1.82) is 0 Å². The molecule has 2 fully saturated rings. The molecule has 0 N–H and O–H groups in total. The normalized spacial score (nSPS) is 29.4. The average Bonchev–Trinajstić information content (AvgIpc) is 2.30. The van der Waals surface area contributed by atoms with Crippen LogP contribution in [0.2, 0.25) is 0 Å². The van der Waals surface area contributed by atoms with E-state index >= 15 is 0 Å². The molecule has 1 aliphatic heterocycles. The molecule has 0 amide bonds. The average molecular weight is 298 g/mol. The zero-order valence-corrected chi connectivity index (χ0v) is 14.8. The van der Waals surface area contributed by atoms with Gasteiger partial charge in [0.05, 0.1) is 24.5 Å². The molecule has 0 aromatic rings. The van der Waals surface area contributed by atoms with Gasteiger partial charge in [0, 0.05) is 44.6 Å². The summed E-state index contributed by atoms with van der Waals surface area (Å²) in [6.45, 7) is 18.6. The highest BCUT2D eigenvalue weighted by Gasteiger charge is 2.34. The number of hydrogen-bond donors (Lipinski definition) is 0. The molecule has 1 heterocycles. The molecule has 0 bridgehead atoms. The standard InChI is InChI=1S/C17H34N2O2/c1-16(2,3)19-9-7-18(8-10-19)13-20-14-11-15(12-14)21-17(4,5)6/h14-15H,7-13H2,1-6H3. The molecule has 21 heavy (non-hydrogen) atoms. The van der Waals surface area contributed by atoms with Crippen LogP contribution < -0.4 is 0 Å². The summed E-state index contributed by atoms with van der Waals surface area (Å²) < 4.78 is 12.0. The fourth-order valence-electron chi connectivity index (χ4n) is 3.01. The Morgan fingerprint density at radius 3 is 1.90 bits per heavy atom. The van der Waals surface area contributed by atoms with E-state index in [-0.39, 0.29) is 5.60 Å². The van der Waals surface area contributed by atoms with Crippen LogP contribution in [0.5, 0.6) is 0 Å². The SMILES string of the molecule is CC(C)(C)OC1CC(OCN2CCN(C(C)(C)C)CC2)C1. The summed E-state index contributed by atoms with van der Waals surface area (Å²) in [5.74, 6) is 0. The molecule has 4 heteroatoms. The molecular weight excluding hydrogens is 264 g/mol. The molecule has 1 aliphatic carbocycles. The second-order valence-corrected chi connectivity index (χ2v) is 8.52. The second kappa shape index (κ2) is 6.53. The van der Waals surface area contributed by atoms with Crippen LogP contribution in [0, 0.1) is 0 Å². The van der Waals surface area contributed by atoms with Gasteiger partial charge in [-0.3, -0.25) is 9.80 Å². The monoisotopic (exact) mass is 298 g/mol. The van der Waals surface area contributed by atoms with Crippen LogP contribution in [-0.4, -0.2) is 66.1 Å². The quantitative estimate of drug-likeness (QED) is 0.797. The zero-order chi connectivity index (χ0) is 15.7. The molecular formula is C17H34N2O2. The van der Waals surface area contributed by atoms with Gasteiger partial charge in [-0.15, -0.1) is 0 Å². The van der Waals surface area contributed by atoms with E-state index in [2.05, 4.69) is 51.3 Å². The number of nitrogens with zero attached hydrogens (tertiary/aromatic N) is 2. The van der Waals surface area contributed by atoms with Gasteiger partial charge in [0.25, 0.3) is 0 Å². The third kappa shape index (κ3) is 5.51. The van der Waals surface area contributed by atoms with E-state index in [0.29, 0.717) is 17.7 Å².